The predicted molar refractivity (Wildman–Crippen MR) is 105 cm³/mol. The molecule has 3 aromatic rings. The number of amides is 1. The van der Waals surface area contributed by atoms with Crippen LogP contribution >= 0.6 is 22.9 Å². The Morgan fingerprint density at radius 3 is 2.81 bits per heavy atom. The Labute approximate surface area is 159 Å². The fourth-order valence-electron chi connectivity index (χ4n) is 3.46. The number of rotatable bonds is 3. The fraction of sp³-hybridized carbons (Fsp3) is 0.316. The van der Waals surface area contributed by atoms with Crippen LogP contribution in [0.3, 0.4) is 0 Å². The molecule has 1 fully saturated rings. The fourth-order valence-corrected chi connectivity index (χ4v) is 4.49. The summed E-state index contributed by atoms with van der Waals surface area (Å²) in [5, 5.41) is 3.13. The molecule has 1 aromatic carbocycles. The molecule has 26 heavy (non-hydrogen) atoms. The average Bonchev–Trinajstić information content (AvgIpc) is 3.25. The number of fused-ring (bicyclic) bond motifs is 1. The first-order valence-corrected chi connectivity index (χ1v) is 9.82. The van der Waals surface area contributed by atoms with Gasteiger partial charge in [-0.15, -0.1) is 11.3 Å². The van der Waals surface area contributed by atoms with Gasteiger partial charge >= 0.3 is 0 Å². The van der Waals surface area contributed by atoms with Crippen LogP contribution in [0.15, 0.2) is 40.8 Å². The third-order valence-electron chi connectivity index (χ3n) is 4.89. The highest BCUT2D eigenvalue weighted by molar-refractivity contribution is 7.17. The summed E-state index contributed by atoms with van der Waals surface area (Å²) in [5.41, 5.74) is 1.56. The van der Waals surface area contributed by atoms with E-state index in [1.807, 2.05) is 29.3 Å². The Morgan fingerprint density at radius 2 is 2.12 bits per heavy atom. The van der Waals surface area contributed by atoms with Gasteiger partial charge < -0.3 is 4.90 Å². The van der Waals surface area contributed by atoms with Crippen molar-refractivity contribution in [3.63, 3.8) is 0 Å². The zero-order valence-corrected chi connectivity index (χ0v) is 15.9. The van der Waals surface area contributed by atoms with Crippen LogP contribution in [0.4, 0.5) is 0 Å². The van der Waals surface area contributed by atoms with Gasteiger partial charge in [-0.3, -0.25) is 14.2 Å². The van der Waals surface area contributed by atoms with Crippen molar-refractivity contribution in [3.8, 4) is 11.1 Å². The number of carbonyl (C=O) groups is 1. The molecule has 0 unspecified atom stereocenters. The molecule has 4 rings (SSSR count). The predicted octanol–water partition coefficient (Wildman–Crippen LogP) is 3.79. The number of hydrogen-bond acceptors (Lipinski definition) is 4. The SMILES string of the molecule is C[C@H]1CCCN1C(=O)Cn1cnc2scc(-c3ccc(Cl)cc3)c2c1=O. The molecule has 1 atom stereocenters. The minimum atomic E-state index is -0.179. The minimum Gasteiger partial charge on any atom is -0.338 e. The first kappa shape index (κ1) is 17.2. The Morgan fingerprint density at radius 1 is 1.35 bits per heavy atom. The van der Waals surface area contributed by atoms with Crippen LogP contribution in [0.2, 0.25) is 5.02 Å². The lowest BCUT2D eigenvalue weighted by Crippen LogP contribution is -2.38. The largest absolute Gasteiger partial charge is 0.338 e. The highest BCUT2D eigenvalue weighted by atomic mass is 35.5. The maximum absolute atomic E-state index is 13.0. The second-order valence-electron chi connectivity index (χ2n) is 6.59. The van der Waals surface area contributed by atoms with E-state index < -0.39 is 0 Å². The van der Waals surface area contributed by atoms with Gasteiger partial charge in [-0.1, -0.05) is 23.7 Å². The van der Waals surface area contributed by atoms with Crippen LogP contribution in [0.5, 0.6) is 0 Å². The number of likely N-dealkylation sites (tertiary alicyclic amines) is 1. The normalized spacial score (nSPS) is 17.2. The molecule has 1 aliphatic rings. The van der Waals surface area contributed by atoms with Crippen molar-refractivity contribution in [1.82, 2.24) is 14.5 Å². The standard InChI is InChI=1S/C19H18ClN3O2S/c1-12-3-2-8-23(12)16(24)9-22-11-21-18-17(19(22)25)15(10-26-18)13-4-6-14(20)7-5-13/h4-7,10-12H,2-3,8-9H2,1H3/t12-/m0/s1. The van der Waals surface area contributed by atoms with Gasteiger partial charge in [-0.2, -0.15) is 0 Å². The van der Waals surface area contributed by atoms with Crippen molar-refractivity contribution in [2.24, 2.45) is 0 Å². The lowest BCUT2D eigenvalue weighted by atomic mass is 10.1. The summed E-state index contributed by atoms with van der Waals surface area (Å²) in [4.78, 5) is 32.5. The molecule has 0 saturated carbocycles. The van der Waals surface area contributed by atoms with Gasteiger partial charge in [0.15, 0.2) is 0 Å². The zero-order chi connectivity index (χ0) is 18.3. The smallest absolute Gasteiger partial charge is 0.263 e. The van der Waals surface area contributed by atoms with Gasteiger partial charge in [0, 0.05) is 28.6 Å². The van der Waals surface area contributed by atoms with Gasteiger partial charge in [-0.05, 0) is 37.5 Å². The van der Waals surface area contributed by atoms with E-state index in [0.717, 1.165) is 30.5 Å². The Kier molecular flexibility index (Phi) is 4.54. The van der Waals surface area contributed by atoms with Crippen LogP contribution in [-0.4, -0.2) is 32.9 Å². The molecule has 0 radical (unpaired) electrons. The van der Waals surface area contributed by atoms with Crippen LogP contribution in [0.25, 0.3) is 21.3 Å². The number of nitrogens with zero attached hydrogens (tertiary/aromatic N) is 3. The van der Waals surface area contributed by atoms with Crippen molar-refractivity contribution in [3.05, 3.63) is 51.3 Å². The Hall–Kier alpha value is -2.18. The van der Waals surface area contributed by atoms with Crippen LogP contribution in [0, 0.1) is 0 Å². The number of hydrogen-bond donors (Lipinski definition) is 0. The van der Waals surface area contributed by atoms with E-state index in [2.05, 4.69) is 4.98 Å². The molecule has 1 saturated heterocycles. The number of benzene rings is 1. The number of carbonyl (C=O) groups excluding carboxylic acids is 1. The van der Waals surface area contributed by atoms with E-state index in [9.17, 15) is 9.59 Å². The second kappa shape index (κ2) is 6.85. The molecule has 134 valence electrons. The van der Waals surface area contributed by atoms with Crippen molar-refractivity contribution < 1.29 is 4.79 Å². The van der Waals surface area contributed by atoms with Crippen molar-refractivity contribution in [2.45, 2.75) is 32.4 Å². The summed E-state index contributed by atoms with van der Waals surface area (Å²) >= 11 is 7.39. The molecule has 2 aromatic heterocycles. The summed E-state index contributed by atoms with van der Waals surface area (Å²) in [6, 6.07) is 7.61. The summed E-state index contributed by atoms with van der Waals surface area (Å²) in [5.74, 6) is -0.0264. The van der Waals surface area contributed by atoms with Gasteiger partial charge in [0.1, 0.15) is 11.4 Å². The molecule has 1 aliphatic heterocycles. The molecular weight excluding hydrogens is 370 g/mol. The van der Waals surface area contributed by atoms with Gasteiger partial charge in [0.05, 0.1) is 11.7 Å². The van der Waals surface area contributed by atoms with E-state index in [0.29, 0.717) is 15.2 Å². The third kappa shape index (κ3) is 3.04. The van der Waals surface area contributed by atoms with E-state index in [1.165, 1.54) is 22.2 Å². The van der Waals surface area contributed by atoms with E-state index in [4.69, 9.17) is 11.6 Å². The maximum Gasteiger partial charge on any atom is 0.263 e. The topological polar surface area (TPSA) is 55.2 Å². The zero-order valence-electron chi connectivity index (χ0n) is 14.3. The molecule has 0 spiro atoms. The number of aromatic nitrogens is 2. The lowest BCUT2D eigenvalue weighted by Gasteiger charge is -2.21. The first-order chi connectivity index (χ1) is 12.5. The summed E-state index contributed by atoms with van der Waals surface area (Å²) < 4.78 is 1.42. The molecule has 5 nitrogen and oxygen atoms in total. The van der Waals surface area contributed by atoms with Crippen LogP contribution in [0.1, 0.15) is 19.8 Å². The van der Waals surface area contributed by atoms with Gasteiger partial charge in [0.25, 0.3) is 5.56 Å². The minimum absolute atomic E-state index is 0.0264. The molecule has 3 heterocycles. The molecule has 0 bridgehead atoms. The van der Waals surface area contributed by atoms with Gasteiger partial charge in [-0.25, -0.2) is 4.98 Å². The first-order valence-electron chi connectivity index (χ1n) is 8.56. The van der Waals surface area contributed by atoms with E-state index in [1.54, 1.807) is 12.1 Å². The van der Waals surface area contributed by atoms with E-state index >= 15 is 0 Å². The molecular formula is C19H18ClN3O2S. The lowest BCUT2D eigenvalue weighted by molar-refractivity contribution is -0.132. The van der Waals surface area contributed by atoms with Gasteiger partial charge in [0.2, 0.25) is 5.91 Å². The van der Waals surface area contributed by atoms with Crippen molar-refractivity contribution >= 4 is 39.1 Å². The quantitative estimate of drug-likeness (QED) is 0.687. The van der Waals surface area contributed by atoms with Crippen LogP contribution in [-0.2, 0) is 11.3 Å². The Balaban J connectivity index is 1.72. The maximum atomic E-state index is 13.0. The summed E-state index contributed by atoms with van der Waals surface area (Å²) in [6.45, 7) is 2.84. The third-order valence-corrected chi connectivity index (χ3v) is 6.03. The molecule has 0 N–H and O–H groups in total. The summed E-state index contributed by atoms with van der Waals surface area (Å²) in [6.07, 6.45) is 3.51. The Bertz CT molecular complexity index is 1030. The van der Waals surface area contributed by atoms with Crippen molar-refractivity contribution in [2.75, 3.05) is 6.54 Å². The molecule has 1 amide bonds. The number of halogens is 1. The highest BCUT2D eigenvalue weighted by Gasteiger charge is 2.25. The van der Waals surface area contributed by atoms with Crippen molar-refractivity contribution in [1.29, 1.82) is 0 Å². The highest BCUT2D eigenvalue weighted by Crippen LogP contribution is 2.31. The monoisotopic (exact) mass is 387 g/mol. The molecule has 7 heteroatoms. The van der Waals surface area contributed by atoms with Crippen LogP contribution < -0.4 is 5.56 Å². The molecule has 0 aliphatic carbocycles. The van der Waals surface area contributed by atoms with E-state index in [-0.39, 0.29) is 24.1 Å². The number of thiophene rings is 1. The summed E-state index contributed by atoms with van der Waals surface area (Å²) in [7, 11) is 0. The second-order valence-corrected chi connectivity index (χ2v) is 7.89. The average molecular weight is 388 g/mol.